The van der Waals surface area contributed by atoms with Gasteiger partial charge in [0.25, 0.3) is 0 Å². The molecule has 0 heterocycles. The van der Waals surface area contributed by atoms with Gasteiger partial charge >= 0.3 is 68.8 Å². The summed E-state index contributed by atoms with van der Waals surface area (Å²) >= 11 is -0.347. The summed E-state index contributed by atoms with van der Waals surface area (Å²) in [6.07, 6.45) is 3.84. The summed E-state index contributed by atoms with van der Waals surface area (Å²) in [7, 11) is 0. The zero-order valence-corrected chi connectivity index (χ0v) is 9.30. The first kappa shape index (κ1) is 9.76. The van der Waals surface area contributed by atoms with Crippen molar-refractivity contribution in [1.29, 1.82) is 0 Å². The molecule has 0 aliphatic rings. The molecule has 9 heavy (non-hydrogen) atoms. The van der Waals surface area contributed by atoms with E-state index in [0.29, 0.717) is 0 Å². The van der Waals surface area contributed by atoms with Gasteiger partial charge in [0.05, 0.1) is 0 Å². The van der Waals surface area contributed by atoms with E-state index >= 15 is 0 Å². The molecule has 0 rings (SSSR count). The van der Waals surface area contributed by atoms with Crippen LogP contribution in [0, 0.1) is 0 Å². The van der Waals surface area contributed by atoms with Crippen molar-refractivity contribution in [3.05, 3.63) is 0 Å². The van der Waals surface area contributed by atoms with Crippen molar-refractivity contribution in [2.24, 2.45) is 0 Å². The molecule has 0 atom stereocenters. The molecule has 0 aliphatic carbocycles. The third kappa shape index (κ3) is 8.76. The number of unbranched alkanes of at least 4 members (excludes halogenated alkanes) is 1. The maximum atomic E-state index is 5.48. The summed E-state index contributed by atoms with van der Waals surface area (Å²) in [6.45, 7) is 5.46. The average molecular weight is 235 g/mol. The molecule has 0 aliphatic heterocycles. The summed E-state index contributed by atoms with van der Waals surface area (Å²) in [6, 6.07) is 0. The Labute approximate surface area is 68.9 Å². The summed E-state index contributed by atoms with van der Waals surface area (Å²) in [5, 5.41) is 0. The average Bonchev–Trinajstić information content (AvgIpc) is 1.89. The van der Waals surface area contributed by atoms with E-state index in [-0.39, 0.29) is 21.6 Å². The van der Waals surface area contributed by atoms with E-state index in [9.17, 15) is 0 Å². The van der Waals surface area contributed by atoms with Crippen LogP contribution in [0.1, 0.15) is 33.1 Å². The van der Waals surface area contributed by atoms with Crippen LogP contribution < -0.4 is 0 Å². The minimum absolute atomic E-state index is 0.347. The van der Waals surface area contributed by atoms with Crippen molar-refractivity contribution in [2.75, 3.05) is 6.61 Å². The van der Waals surface area contributed by atoms with Crippen molar-refractivity contribution < 1.29 is 3.07 Å². The van der Waals surface area contributed by atoms with Crippen molar-refractivity contribution in [3.8, 4) is 0 Å². The van der Waals surface area contributed by atoms with E-state index in [4.69, 9.17) is 3.07 Å². The van der Waals surface area contributed by atoms with Gasteiger partial charge in [-0.25, -0.2) is 0 Å². The second kappa shape index (κ2) is 8.76. The first-order valence-electron chi connectivity index (χ1n) is 3.76. The first-order chi connectivity index (χ1) is 4.41. The minimum atomic E-state index is -0.347. The van der Waals surface area contributed by atoms with Crippen LogP contribution in [0.4, 0.5) is 0 Å². The second-order valence-electron chi connectivity index (χ2n) is 2.10. The predicted molar refractivity (Wildman–Crippen MR) is 41.7 cm³/mol. The quantitative estimate of drug-likeness (QED) is 0.506. The summed E-state index contributed by atoms with van der Waals surface area (Å²) < 4.78 is 6.87. The van der Waals surface area contributed by atoms with Gasteiger partial charge in [-0.1, -0.05) is 0 Å². The molecule has 2 heteroatoms. The Hall–Kier alpha value is 0.759. The van der Waals surface area contributed by atoms with Gasteiger partial charge in [0.1, 0.15) is 0 Å². The van der Waals surface area contributed by atoms with Gasteiger partial charge in [0.15, 0.2) is 0 Å². The van der Waals surface area contributed by atoms with E-state index in [0.717, 1.165) is 6.61 Å². The van der Waals surface area contributed by atoms with Crippen LogP contribution in [0.15, 0.2) is 0 Å². The monoisotopic (exact) mass is 236 g/mol. The molecule has 2 radical (unpaired) electrons. The zero-order valence-electron chi connectivity index (χ0n) is 6.44. The van der Waals surface area contributed by atoms with Crippen LogP contribution in [0.3, 0.4) is 0 Å². The Morgan fingerprint density at radius 1 is 1.22 bits per heavy atom. The third-order valence-electron chi connectivity index (χ3n) is 1.05. The Kier molecular flexibility index (Phi) is 9.50. The van der Waals surface area contributed by atoms with Crippen molar-refractivity contribution in [2.45, 2.75) is 37.5 Å². The van der Waals surface area contributed by atoms with Gasteiger partial charge in [0.2, 0.25) is 0 Å². The molecule has 0 amide bonds. The fraction of sp³-hybridized carbons (Fsp3) is 1.00. The Morgan fingerprint density at radius 2 is 2.00 bits per heavy atom. The summed E-state index contributed by atoms with van der Waals surface area (Å²) in [5.41, 5.74) is 0. The van der Waals surface area contributed by atoms with Crippen LogP contribution in [0.5, 0.6) is 0 Å². The zero-order chi connectivity index (χ0) is 6.95. The van der Waals surface area contributed by atoms with Crippen LogP contribution in [-0.2, 0) is 3.07 Å². The second-order valence-corrected chi connectivity index (χ2v) is 5.17. The van der Waals surface area contributed by atoms with E-state index in [1.54, 1.807) is 0 Å². The molecular weight excluding hydrogens is 219 g/mol. The summed E-state index contributed by atoms with van der Waals surface area (Å²) in [5.74, 6) is 0. The van der Waals surface area contributed by atoms with Crippen molar-refractivity contribution in [1.82, 2.24) is 0 Å². The number of hydrogen-bond donors (Lipinski definition) is 0. The molecule has 0 saturated carbocycles. The van der Waals surface area contributed by atoms with E-state index in [2.05, 4.69) is 13.8 Å². The van der Waals surface area contributed by atoms with Crippen molar-refractivity contribution in [3.63, 3.8) is 0 Å². The van der Waals surface area contributed by atoms with Gasteiger partial charge < -0.3 is 0 Å². The fourth-order valence-electron chi connectivity index (χ4n) is 0.463. The molecule has 0 aromatic rings. The SMILES string of the molecule is CCCC[O][Sn][CH2]CC. The molecule has 0 N–H and O–H groups in total. The molecule has 0 bridgehead atoms. The Morgan fingerprint density at radius 3 is 2.56 bits per heavy atom. The van der Waals surface area contributed by atoms with E-state index in [1.165, 1.54) is 23.7 Å². The van der Waals surface area contributed by atoms with Crippen LogP contribution >= 0.6 is 0 Å². The molecule has 0 aromatic carbocycles. The molecule has 0 fully saturated rings. The molecule has 1 nitrogen and oxygen atoms in total. The third-order valence-corrected chi connectivity index (χ3v) is 4.23. The number of hydrogen-bond acceptors (Lipinski definition) is 1. The van der Waals surface area contributed by atoms with Gasteiger partial charge in [-0.05, 0) is 0 Å². The molecule has 0 unspecified atom stereocenters. The maximum absolute atomic E-state index is 5.48. The molecule has 0 aromatic heterocycles. The van der Waals surface area contributed by atoms with Gasteiger partial charge in [-0.3, -0.25) is 0 Å². The van der Waals surface area contributed by atoms with Crippen LogP contribution in [0.25, 0.3) is 0 Å². The Balaban J connectivity index is 2.60. The van der Waals surface area contributed by atoms with Gasteiger partial charge in [0, 0.05) is 0 Å². The number of rotatable bonds is 6. The predicted octanol–water partition coefficient (Wildman–Crippen LogP) is 2.25. The van der Waals surface area contributed by atoms with Gasteiger partial charge in [-0.2, -0.15) is 0 Å². The van der Waals surface area contributed by atoms with E-state index in [1.807, 2.05) is 0 Å². The van der Waals surface area contributed by atoms with Crippen LogP contribution in [-0.4, -0.2) is 28.2 Å². The molecule has 0 saturated heterocycles. The van der Waals surface area contributed by atoms with Crippen LogP contribution in [0.2, 0.25) is 4.44 Å². The summed E-state index contributed by atoms with van der Waals surface area (Å²) in [4.78, 5) is 0. The molecular formula is C7H16OSn. The van der Waals surface area contributed by atoms with E-state index < -0.39 is 0 Å². The standard InChI is InChI=1S/C4H9O.C3H7.Sn/c1-2-3-4-5;1-3-2;/h2-4H2,1H3;1,3H2,2H3;/q-1;;+1. The topological polar surface area (TPSA) is 9.23 Å². The van der Waals surface area contributed by atoms with Gasteiger partial charge in [-0.15, -0.1) is 0 Å². The first-order valence-corrected chi connectivity index (χ1v) is 6.94. The normalized spacial score (nSPS) is 10.0. The fourth-order valence-corrected chi connectivity index (χ4v) is 2.28. The van der Waals surface area contributed by atoms with Crippen molar-refractivity contribution >= 4 is 21.6 Å². The molecule has 54 valence electrons. The Bertz CT molecular complexity index is 42.2. The molecule has 0 spiro atoms.